The van der Waals surface area contributed by atoms with Crippen molar-refractivity contribution in [3.05, 3.63) is 65.5 Å². The Hall–Kier alpha value is -2.24. The first-order valence-electron chi connectivity index (χ1n) is 10.9. The lowest BCUT2D eigenvalue weighted by Crippen LogP contribution is -2.49. The second-order valence-corrected chi connectivity index (χ2v) is 8.78. The quantitative estimate of drug-likeness (QED) is 0.793. The molecule has 1 aliphatic heterocycles. The van der Waals surface area contributed by atoms with Crippen molar-refractivity contribution in [2.45, 2.75) is 56.3 Å². The molecule has 1 spiro atoms. The minimum absolute atomic E-state index is 0.0540. The normalized spacial score (nSPS) is 25.0. The molecule has 5 heteroatoms. The van der Waals surface area contributed by atoms with Crippen molar-refractivity contribution >= 4 is 5.91 Å². The highest BCUT2D eigenvalue weighted by Crippen LogP contribution is 2.51. The molecule has 2 atom stereocenters. The van der Waals surface area contributed by atoms with Crippen LogP contribution in [0.5, 0.6) is 0 Å². The third kappa shape index (κ3) is 3.69. The summed E-state index contributed by atoms with van der Waals surface area (Å²) in [4.78, 5) is 17.0. The van der Waals surface area contributed by atoms with Gasteiger partial charge in [-0.15, -0.1) is 0 Å². The number of carbonyl (C=O) groups excluding carboxylic acids is 1. The Labute approximate surface area is 172 Å². The number of hydrogen-bond donors (Lipinski definition) is 2. The summed E-state index contributed by atoms with van der Waals surface area (Å²) < 4.78 is 6.62. The van der Waals surface area contributed by atoms with Crippen LogP contribution in [0.15, 0.2) is 48.8 Å². The lowest BCUT2D eigenvalue weighted by atomic mass is 9.72. The molecule has 2 aromatic rings. The van der Waals surface area contributed by atoms with Gasteiger partial charge in [-0.2, -0.15) is 0 Å². The fourth-order valence-electron chi connectivity index (χ4n) is 5.18. The number of nitrogens with one attached hydrogen (secondary N) is 2. The standard InChI is InChI=1S/C24H29N3O2/c28-21(14-17-7-8-17)27-22-19-5-1-2-6-20(19)24(9-12-25-13-10-24)23(22)29-16-18-4-3-11-26-15-18/h1-6,11,15,17,22-23,25H,7-10,12-14,16H2,(H,27,28)/t22-,23+/m0/s1. The number of aromatic nitrogens is 1. The molecule has 0 bridgehead atoms. The van der Waals surface area contributed by atoms with Crippen LogP contribution >= 0.6 is 0 Å². The highest BCUT2D eigenvalue weighted by atomic mass is 16.5. The minimum atomic E-state index is -0.0905. The zero-order valence-electron chi connectivity index (χ0n) is 16.8. The van der Waals surface area contributed by atoms with E-state index in [1.807, 2.05) is 18.3 Å². The molecule has 0 radical (unpaired) electrons. The Morgan fingerprint density at radius 3 is 2.76 bits per heavy atom. The summed E-state index contributed by atoms with van der Waals surface area (Å²) >= 11 is 0. The molecule has 29 heavy (non-hydrogen) atoms. The molecule has 1 amide bonds. The Morgan fingerprint density at radius 2 is 2.00 bits per heavy atom. The highest BCUT2D eigenvalue weighted by Gasteiger charge is 2.53. The smallest absolute Gasteiger partial charge is 0.220 e. The van der Waals surface area contributed by atoms with Crippen LogP contribution in [0.25, 0.3) is 0 Å². The second kappa shape index (κ2) is 7.88. The molecule has 5 rings (SSSR count). The van der Waals surface area contributed by atoms with Crippen molar-refractivity contribution in [2.24, 2.45) is 5.92 Å². The van der Waals surface area contributed by atoms with Crippen molar-refractivity contribution in [1.29, 1.82) is 0 Å². The van der Waals surface area contributed by atoms with Gasteiger partial charge in [-0.3, -0.25) is 9.78 Å². The van der Waals surface area contributed by atoms with Gasteiger partial charge in [0.25, 0.3) is 0 Å². The van der Waals surface area contributed by atoms with Gasteiger partial charge >= 0.3 is 0 Å². The largest absolute Gasteiger partial charge is 0.370 e. The molecule has 1 aromatic heterocycles. The van der Waals surface area contributed by atoms with E-state index in [9.17, 15) is 4.79 Å². The molecule has 2 aliphatic carbocycles. The van der Waals surface area contributed by atoms with Gasteiger partial charge < -0.3 is 15.4 Å². The summed E-state index contributed by atoms with van der Waals surface area (Å²) in [7, 11) is 0. The summed E-state index contributed by atoms with van der Waals surface area (Å²) in [5, 5.41) is 6.86. The zero-order valence-corrected chi connectivity index (χ0v) is 16.8. The van der Waals surface area contributed by atoms with Crippen LogP contribution < -0.4 is 10.6 Å². The predicted molar refractivity (Wildman–Crippen MR) is 111 cm³/mol. The van der Waals surface area contributed by atoms with Crippen LogP contribution in [0, 0.1) is 5.92 Å². The van der Waals surface area contributed by atoms with Gasteiger partial charge in [0.1, 0.15) is 0 Å². The number of fused-ring (bicyclic) bond motifs is 2. The van der Waals surface area contributed by atoms with Crippen LogP contribution in [-0.4, -0.2) is 30.1 Å². The number of pyridine rings is 1. The first-order valence-corrected chi connectivity index (χ1v) is 10.9. The molecule has 1 aromatic carbocycles. The molecule has 2 fully saturated rings. The van der Waals surface area contributed by atoms with Crippen molar-refractivity contribution in [3.8, 4) is 0 Å². The number of amides is 1. The van der Waals surface area contributed by atoms with E-state index < -0.39 is 0 Å². The van der Waals surface area contributed by atoms with E-state index in [1.165, 1.54) is 24.0 Å². The van der Waals surface area contributed by atoms with E-state index in [1.54, 1.807) is 6.20 Å². The summed E-state index contributed by atoms with van der Waals surface area (Å²) in [5.41, 5.74) is 3.60. The zero-order chi connectivity index (χ0) is 19.7. The van der Waals surface area contributed by atoms with Gasteiger partial charge in [0, 0.05) is 24.2 Å². The van der Waals surface area contributed by atoms with Gasteiger partial charge in [0.2, 0.25) is 5.91 Å². The lowest BCUT2D eigenvalue weighted by Gasteiger charge is -2.41. The molecule has 5 nitrogen and oxygen atoms in total. The topological polar surface area (TPSA) is 63.2 Å². The SMILES string of the molecule is O=C(CC1CC1)N[C@H]1c2ccccc2C2(CCNCC2)[C@@H]1OCc1cccnc1. The van der Waals surface area contributed by atoms with Crippen LogP contribution in [0.2, 0.25) is 0 Å². The fraction of sp³-hybridized carbons (Fsp3) is 0.500. The maximum Gasteiger partial charge on any atom is 0.220 e. The van der Waals surface area contributed by atoms with Gasteiger partial charge in [0.15, 0.2) is 0 Å². The van der Waals surface area contributed by atoms with Crippen LogP contribution in [0.1, 0.15) is 54.8 Å². The molecule has 0 unspecified atom stereocenters. The molecular weight excluding hydrogens is 362 g/mol. The monoisotopic (exact) mass is 391 g/mol. The van der Waals surface area contributed by atoms with Crippen LogP contribution in [0.3, 0.4) is 0 Å². The van der Waals surface area contributed by atoms with Crippen molar-refractivity contribution < 1.29 is 9.53 Å². The van der Waals surface area contributed by atoms with Gasteiger partial charge in [-0.05, 0) is 67.4 Å². The number of piperidine rings is 1. The third-order valence-electron chi connectivity index (χ3n) is 6.82. The lowest BCUT2D eigenvalue weighted by molar-refractivity contribution is -0.124. The first kappa shape index (κ1) is 18.8. The van der Waals surface area contributed by atoms with Gasteiger partial charge in [-0.1, -0.05) is 30.3 Å². The molecule has 1 saturated carbocycles. The summed E-state index contributed by atoms with van der Waals surface area (Å²) in [5.74, 6) is 0.738. The Kier molecular flexibility index (Phi) is 5.10. The maximum absolute atomic E-state index is 12.8. The van der Waals surface area contributed by atoms with E-state index in [0.29, 0.717) is 18.9 Å². The van der Waals surface area contributed by atoms with Gasteiger partial charge in [0.05, 0.1) is 18.8 Å². The summed E-state index contributed by atoms with van der Waals surface area (Å²) in [6.07, 6.45) is 8.64. The first-order chi connectivity index (χ1) is 14.3. The number of carbonyl (C=O) groups is 1. The Balaban J connectivity index is 1.46. The molecule has 3 aliphatic rings. The number of nitrogens with zero attached hydrogens (tertiary/aromatic N) is 1. The molecule has 152 valence electrons. The highest BCUT2D eigenvalue weighted by molar-refractivity contribution is 5.77. The number of rotatable bonds is 6. The molecular formula is C24H29N3O2. The molecule has 2 heterocycles. The minimum Gasteiger partial charge on any atom is -0.370 e. The van der Waals surface area contributed by atoms with E-state index in [2.05, 4.69) is 39.9 Å². The van der Waals surface area contributed by atoms with Crippen molar-refractivity contribution in [1.82, 2.24) is 15.6 Å². The summed E-state index contributed by atoms with van der Waals surface area (Å²) in [6.45, 7) is 2.46. The van der Waals surface area contributed by atoms with Crippen LogP contribution in [0.4, 0.5) is 0 Å². The van der Waals surface area contributed by atoms with E-state index in [4.69, 9.17) is 4.74 Å². The van der Waals surface area contributed by atoms with Crippen molar-refractivity contribution in [3.63, 3.8) is 0 Å². The Morgan fingerprint density at radius 1 is 1.17 bits per heavy atom. The third-order valence-corrected chi connectivity index (χ3v) is 6.82. The summed E-state index contributed by atoms with van der Waals surface area (Å²) in [6, 6.07) is 12.5. The average molecular weight is 392 g/mol. The average Bonchev–Trinajstić information content (AvgIpc) is 3.54. The van der Waals surface area contributed by atoms with Crippen molar-refractivity contribution in [2.75, 3.05) is 13.1 Å². The van der Waals surface area contributed by atoms with E-state index in [0.717, 1.165) is 31.5 Å². The number of benzene rings is 1. The number of hydrogen-bond acceptors (Lipinski definition) is 4. The van der Waals surface area contributed by atoms with Gasteiger partial charge in [-0.25, -0.2) is 0 Å². The maximum atomic E-state index is 12.8. The van der Waals surface area contributed by atoms with E-state index >= 15 is 0 Å². The Bertz CT molecular complexity index is 859. The predicted octanol–water partition coefficient (Wildman–Crippen LogP) is 3.26. The fourth-order valence-corrected chi connectivity index (χ4v) is 5.18. The molecule has 1 saturated heterocycles. The second-order valence-electron chi connectivity index (χ2n) is 8.78. The molecule has 2 N–H and O–H groups in total. The van der Waals surface area contributed by atoms with Crippen LogP contribution in [-0.2, 0) is 21.6 Å². The van der Waals surface area contributed by atoms with E-state index in [-0.39, 0.29) is 23.5 Å². The number of ether oxygens (including phenoxy) is 1.